The molecule has 0 unspecified atom stereocenters. The van der Waals surface area contributed by atoms with E-state index in [2.05, 4.69) is 31.8 Å². The molecule has 1 fully saturated rings. The van der Waals surface area contributed by atoms with Gasteiger partial charge in [0.25, 0.3) is 5.56 Å². The molecule has 1 aromatic heterocycles. The molecule has 0 saturated carbocycles. The fraction of sp³-hybridized carbons (Fsp3) is 0.500. The van der Waals surface area contributed by atoms with Crippen LogP contribution in [0.4, 0.5) is 0 Å². The van der Waals surface area contributed by atoms with E-state index >= 15 is 0 Å². The summed E-state index contributed by atoms with van der Waals surface area (Å²) in [5, 5.41) is 0.906. The quantitative estimate of drug-likeness (QED) is 0.756. The van der Waals surface area contributed by atoms with Crippen LogP contribution in [-0.2, 0) is 9.47 Å². The molecule has 27 heavy (non-hydrogen) atoms. The van der Waals surface area contributed by atoms with Crippen LogP contribution in [-0.4, -0.2) is 29.1 Å². The molecular formula is C22H29NO4. The molecule has 146 valence electrons. The number of benzene rings is 1. The average Bonchev–Trinajstić information content (AvgIpc) is 2.79. The lowest BCUT2D eigenvalue weighted by atomic mass is 9.96. The zero-order chi connectivity index (χ0) is 19.7. The van der Waals surface area contributed by atoms with Crippen LogP contribution in [0.25, 0.3) is 10.9 Å². The van der Waals surface area contributed by atoms with Gasteiger partial charge in [0.15, 0.2) is 5.79 Å². The predicted octanol–water partition coefficient (Wildman–Crippen LogP) is 4.56. The fourth-order valence-corrected chi connectivity index (χ4v) is 3.64. The Hall–Kier alpha value is -2.11. The third kappa shape index (κ3) is 4.79. The number of hydrogen-bond donors (Lipinski definition) is 1. The zero-order valence-corrected chi connectivity index (χ0v) is 16.8. The summed E-state index contributed by atoms with van der Waals surface area (Å²) in [5.74, 6) is 0.0739. The zero-order valence-electron chi connectivity index (χ0n) is 16.8. The Kier molecular flexibility index (Phi) is 5.45. The van der Waals surface area contributed by atoms with Crippen molar-refractivity contribution in [2.75, 3.05) is 6.61 Å². The second-order valence-corrected chi connectivity index (χ2v) is 8.16. The Morgan fingerprint density at radius 3 is 2.70 bits per heavy atom. The Morgan fingerprint density at radius 2 is 2.00 bits per heavy atom. The molecule has 2 aromatic rings. The molecule has 1 N–H and O–H groups in total. The predicted molar refractivity (Wildman–Crippen MR) is 107 cm³/mol. The largest absolute Gasteiger partial charge is 0.489 e. The third-order valence-corrected chi connectivity index (χ3v) is 4.89. The molecule has 0 radical (unpaired) electrons. The van der Waals surface area contributed by atoms with Gasteiger partial charge in [-0.05, 0) is 65.7 Å². The summed E-state index contributed by atoms with van der Waals surface area (Å²) in [6, 6.07) is 9.14. The van der Waals surface area contributed by atoms with Crippen LogP contribution in [0.2, 0.25) is 0 Å². The maximum Gasteiger partial charge on any atom is 0.252 e. The molecule has 2 heterocycles. The summed E-state index contributed by atoms with van der Waals surface area (Å²) in [6.07, 6.45) is 3.93. The van der Waals surface area contributed by atoms with Crippen LogP contribution in [0.3, 0.4) is 0 Å². The molecule has 0 spiro atoms. The van der Waals surface area contributed by atoms with Gasteiger partial charge in [0.2, 0.25) is 0 Å². The third-order valence-electron chi connectivity index (χ3n) is 4.89. The van der Waals surface area contributed by atoms with E-state index in [0.29, 0.717) is 12.4 Å². The number of aromatic nitrogens is 1. The minimum atomic E-state index is -0.531. The molecule has 1 saturated heterocycles. The monoisotopic (exact) mass is 371 g/mol. The van der Waals surface area contributed by atoms with Gasteiger partial charge in [0.05, 0.1) is 17.2 Å². The van der Waals surface area contributed by atoms with Crippen LogP contribution in [0, 0.1) is 0 Å². The number of hydrogen-bond acceptors (Lipinski definition) is 4. The van der Waals surface area contributed by atoms with E-state index in [0.717, 1.165) is 23.7 Å². The first kappa shape index (κ1) is 19.6. The van der Waals surface area contributed by atoms with Crippen LogP contribution < -0.4 is 10.3 Å². The number of rotatable bonds is 6. The van der Waals surface area contributed by atoms with Crippen molar-refractivity contribution in [1.82, 2.24) is 4.98 Å². The summed E-state index contributed by atoms with van der Waals surface area (Å²) < 4.78 is 17.9. The van der Waals surface area contributed by atoms with Crippen molar-refractivity contribution in [2.45, 2.75) is 65.0 Å². The van der Waals surface area contributed by atoms with Crippen molar-refractivity contribution < 1.29 is 14.2 Å². The lowest BCUT2D eigenvalue weighted by Gasteiger charge is -2.24. The highest BCUT2D eigenvalue weighted by Gasteiger charge is 2.46. The molecule has 3 rings (SSSR count). The second-order valence-electron chi connectivity index (χ2n) is 8.16. The van der Waals surface area contributed by atoms with E-state index < -0.39 is 5.79 Å². The molecule has 0 amide bonds. The minimum absolute atomic E-state index is 0.0633. The number of nitrogens with one attached hydrogen (secondary N) is 1. The highest BCUT2D eigenvalue weighted by molar-refractivity contribution is 5.84. The number of pyridine rings is 1. The summed E-state index contributed by atoms with van der Waals surface area (Å²) in [4.78, 5) is 14.6. The van der Waals surface area contributed by atoms with Gasteiger partial charge in [0.1, 0.15) is 12.4 Å². The maximum atomic E-state index is 11.8. The van der Waals surface area contributed by atoms with Gasteiger partial charge in [-0.15, -0.1) is 0 Å². The number of ether oxygens (including phenoxy) is 3. The first-order valence-electron chi connectivity index (χ1n) is 9.45. The Morgan fingerprint density at radius 1 is 1.26 bits per heavy atom. The van der Waals surface area contributed by atoms with E-state index in [9.17, 15) is 4.79 Å². The average molecular weight is 371 g/mol. The molecule has 1 aromatic carbocycles. The van der Waals surface area contributed by atoms with Crippen molar-refractivity contribution in [2.24, 2.45) is 0 Å². The van der Waals surface area contributed by atoms with Gasteiger partial charge in [-0.25, -0.2) is 0 Å². The van der Waals surface area contributed by atoms with E-state index in [4.69, 9.17) is 14.2 Å². The normalized spacial score (nSPS) is 21.5. The van der Waals surface area contributed by atoms with Gasteiger partial charge in [-0.1, -0.05) is 17.7 Å². The Bertz CT molecular complexity index is 895. The maximum absolute atomic E-state index is 11.8. The minimum Gasteiger partial charge on any atom is -0.489 e. The van der Waals surface area contributed by atoms with Gasteiger partial charge in [-0.3, -0.25) is 4.79 Å². The molecule has 5 nitrogen and oxygen atoms in total. The molecular weight excluding hydrogens is 342 g/mol. The first-order valence-corrected chi connectivity index (χ1v) is 9.45. The molecule has 0 bridgehead atoms. The van der Waals surface area contributed by atoms with Crippen molar-refractivity contribution in [1.29, 1.82) is 0 Å². The van der Waals surface area contributed by atoms with E-state index in [1.54, 1.807) is 0 Å². The Balaban J connectivity index is 1.58. The van der Waals surface area contributed by atoms with Crippen LogP contribution in [0.15, 0.2) is 46.8 Å². The molecule has 5 heteroatoms. The summed E-state index contributed by atoms with van der Waals surface area (Å²) in [7, 11) is 0. The summed E-state index contributed by atoms with van der Waals surface area (Å²) in [5.41, 5.74) is 1.56. The number of fused-ring (bicyclic) bond motifs is 1. The summed E-state index contributed by atoms with van der Waals surface area (Å²) in [6.45, 7) is 10.6. The molecule has 1 aliphatic rings. The summed E-state index contributed by atoms with van der Waals surface area (Å²) >= 11 is 0. The SMILES string of the molecule is C/C(=C\COc1cc(=O)[nH]c2ccccc12)CC[C@@H]1OC(C)(C)OC1(C)C. The number of allylic oxidation sites excluding steroid dienone is 1. The van der Waals surface area contributed by atoms with Crippen molar-refractivity contribution in [3.63, 3.8) is 0 Å². The van der Waals surface area contributed by atoms with E-state index in [1.807, 2.05) is 38.1 Å². The lowest BCUT2D eigenvalue weighted by Crippen LogP contribution is -2.33. The molecule has 1 aliphatic heterocycles. The van der Waals surface area contributed by atoms with Crippen LogP contribution >= 0.6 is 0 Å². The number of H-pyrrole nitrogens is 1. The van der Waals surface area contributed by atoms with Crippen LogP contribution in [0.5, 0.6) is 5.75 Å². The molecule has 0 aliphatic carbocycles. The van der Waals surface area contributed by atoms with Crippen molar-refractivity contribution >= 4 is 10.9 Å². The standard InChI is InChI=1S/C22H29NO4/c1-15(10-11-19-21(2,3)27-22(4,5)26-19)12-13-25-18-14-20(24)23-17-9-7-6-8-16(17)18/h6-9,12,14,19H,10-11,13H2,1-5H3,(H,23,24)/b15-12+/t19-/m0/s1. The highest BCUT2D eigenvalue weighted by Crippen LogP contribution is 2.38. The lowest BCUT2D eigenvalue weighted by molar-refractivity contribution is -0.157. The van der Waals surface area contributed by atoms with E-state index in [1.165, 1.54) is 11.6 Å². The van der Waals surface area contributed by atoms with Gasteiger partial charge in [-0.2, -0.15) is 0 Å². The van der Waals surface area contributed by atoms with Crippen molar-refractivity contribution in [3.05, 3.63) is 52.3 Å². The topological polar surface area (TPSA) is 60.6 Å². The van der Waals surface area contributed by atoms with Crippen molar-refractivity contribution in [3.8, 4) is 5.75 Å². The molecule has 1 atom stereocenters. The van der Waals surface area contributed by atoms with E-state index in [-0.39, 0.29) is 17.3 Å². The second kappa shape index (κ2) is 7.49. The highest BCUT2D eigenvalue weighted by atomic mass is 16.8. The van der Waals surface area contributed by atoms with Gasteiger partial charge in [0, 0.05) is 11.5 Å². The van der Waals surface area contributed by atoms with Gasteiger partial charge < -0.3 is 19.2 Å². The first-order chi connectivity index (χ1) is 12.7. The smallest absolute Gasteiger partial charge is 0.252 e. The Labute approximate surface area is 160 Å². The fourth-order valence-electron chi connectivity index (χ4n) is 3.64. The number of aromatic amines is 1. The van der Waals surface area contributed by atoms with Gasteiger partial charge >= 0.3 is 0 Å². The number of para-hydroxylation sites is 1. The van der Waals surface area contributed by atoms with Crippen LogP contribution in [0.1, 0.15) is 47.5 Å².